The summed E-state index contributed by atoms with van der Waals surface area (Å²) in [5.41, 5.74) is 1.08. The maximum atomic E-state index is 12.6. The van der Waals surface area contributed by atoms with Gasteiger partial charge in [0.2, 0.25) is 11.8 Å². The standard InChI is InChI=1S/C21H29N3O4/c1-3-28-21(27)24-11-9-16(10-12-24)22-19(25)17-13-18(17)20(26)23(2)14-15-7-5-4-6-8-15/h4-8,16-18H,3,9-14H2,1-2H3,(H,22,25). The summed E-state index contributed by atoms with van der Waals surface area (Å²) in [4.78, 5) is 40.2. The van der Waals surface area contributed by atoms with Gasteiger partial charge in [-0.15, -0.1) is 0 Å². The molecule has 2 fully saturated rings. The number of piperidine rings is 1. The third-order valence-corrected chi connectivity index (χ3v) is 5.45. The summed E-state index contributed by atoms with van der Waals surface area (Å²) in [6.07, 6.45) is 1.75. The summed E-state index contributed by atoms with van der Waals surface area (Å²) >= 11 is 0. The van der Waals surface area contributed by atoms with Crippen molar-refractivity contribution in [2.24, 2.45) is 11.8 Å². The highest BCUT2D eigenvalue weighted by molar-refractivity contribution is 5.92. The van der Waals surface area contributed by atoms with Crippen LogP contribution in [0.1, 0.15) is 31.7 Å². The van der Waals surface area contributed by atoms with Crippen LogP contribution in [-0.4, -0.2) is 60.5 Å². The van der Waals surface area contributed by atoms with Crippen molar-refractivity contribution in [1.29, 1.82) is 0 Å². The van der Waals surface area contributed by atoms with Crippen LogP contribution in [0, 0.1) is 11.8 Å². The number of nitrogens with one attached hydrogen (secondary N) is 1. The van der Waals surface area contributed by atoms with Crippen molar-refractivity contribution < 1.29 is 19.1 Å². The van der Waals surface area contributed by atoms with Crippen LogP contribution in [0.5, 0.6) is 0 Å². The zero-order chi connectivity index (χ0) is 20.1. The molecule has 0 spiro atoms. The van der Waals surface area contributed by atoms with Gasteiger partial charge in [0.1, 0.15) is 0 Å². The van der Waals surface area contributed by atoms with E-state index in [-0.39, 0.29) is 35.8 Å². The molecule has 3 amide bonds. The fourth-order valence-electron chi connectivity index (χ4n) is 3.71. The van der Waals surface area contributed by atoms with Crippen LogP contribution in [0.3, 0.4) is 0 Å². The molecule has 0 aromatic heterocycles. The average molecular weight is 387 g/mol. The van der Waals surface area contributed by atoms with Gasteiger partial charge in [-0.1, -0.05) is 30.3 Å². The predicted molar refractivity (Wildman–Crippen MR) is 104 cm³/mol. The van der Waals surface area contributed by atoms with Gasteiger partial charge in [0.15, 0.2) is 0 Å². The molecule has 1 aliphatic heterocycles. The Kier molecular flexibility index (Phi) is 6.54. The van der Waals surface area contributed by atoms with E-state index in [1.807, 2.05) is 30.3 Å². The Morgan fingerprint density at radius 2 is 1.82 bits per heavy atom. The number of benzene rings is 1. The molecule has 1 aromatic rings. The van der Waals surface area contributed by atoms with Gasteiger partial charge in [0.25, 0.3) is 0 Å². The van der Waals surface area contributed by atoms with Crippen molar-refractivity contribution >= 4 is 17.9 Å². The van der Waals surface area contributed by atoms with Crippen LogP contribution in [0.25, 0.3) is 0 Å². The fraction of sp³-hybridized carbons (Fsp3) is 0.571. The number of hydrogen-bond donors (Lipinski definition) is 1. The second kappa shape index (κ2) is 9.08. The van der Waals surface area contributed by atoms with E-state index < -0.39 is 0 Å². The summed E-state index contributed by atoms with van der Waals surface area (Å²) in [5.74, 6) is -0.454. The van der Waals surface area contributed by atoms with Gasteiger partial charge in [0, 0.05) is 32.7 Å². The van der Waals surface area contributed by atoms with E-state index in [0.29, 0.717) is 45.5 Å². The highest BCUT2D eigenvalue weighted by atomic mass is 16.6. The Hall–Kier alpha value is -2.57. The van der Waals surface area contributed by atoms with Gasteiger partial charge in [-0.05, 0) is 31.7 Å². The lowest BCUT2D eigenvalue weighted by molar-refractivity contribution is -0.134. The molecule has 1 N–H and O–H groups in total. The molecule has 0 radical (unpaired) electrons. The maximum Gasteiger partial charge on any atom is 0.409 e. The highest BCUT2D eigenvalue weighted by Gasteiger charge is 2.49. The first-order valence-corrected chi connectivity index (χ1v) is 10.0. The number of ether oxygens (including phenoxy) is 1. The van der Waals surface area contributed by atoms with Crippen LogP contribution in [-0.2, 0) is 20.9 Å². The lowest BCUT2D eigenvalue weighted by Crippen LogP contribution is -2.47. The third kappa shape index (κ3) is 5.03. The number of likely N-dealkylation sites (tertiary alicyclic amines) is 1. The molecular formula is C21H29N3O4. The summed E-state index contributed by atoms with van der Waals surface area (Å²) in [7, 11) is 1.79. The summed E-state index contributed by atoms with van der Waals surface area (Å²) in [6.45, 7) is 3.87. The van der Waals surface area contributed by atoms with Gasteiger partial charge in [-0.3, -0.25) is 9.59 Å². The van der Waals surface area contributed by atoms with Gasteiger partial charge in [0.05, 0.1) is 18.4 Å². The van der Waals surface area contributed by atoms with E-state index in [0.717, 1.165) is 5.56 Å². The van der Waals surface area contributed by atoms with Crippen LogP contribution >= 0.6 is 0 Å². The Labute approximate surface area is 166 Å². The number of carbonyl (C=O) groups is 3. The second-order valence-electron chi connectivity index (χ2n) is 7.60. The van der Waals surface area contributed by atoms with Crippen LogP contribution in [0.4, 0.5) is 4.79 Å². The molecule has 1 saturated carbocycles. The Balaban J connectivity index is 1.41. The monoisotopic (exact) mass is 387 g/mol. The van der Waals surface area contributed by atoms with Gasteiger partial charge >= 0.3 is 6.09 Å². The zero-order valence-electron chi connectivity index (χ0n) is 16.6. The molecule has 2 atom stereocenters. The Bertz CT molecular complexity index is 701. The first-order chi connectivity index (χ1) is 13.5. The van der Waals surface area contributed by atoms with E-state index in [9.17, 15) is 14.4 Å². The fourth-order valence-corrected chi connectivity index (χ4v) is 3.71. The first-order valence-electron chi connectivity index (χ1n) is 10.0. The molecular weight excluding hydrogens is 358 g/mol. The second-order valence-corrected chi connectivity index (χ2v) is 7.60. The molecule has 28 heavy (non-hydrogen) atoms. The largest absolute Gasteiger partial charge is 0.450 e. The zero-order valence-corrected chi connectivity index (χ0v) is 16.6. The lowest BCUT2D eigenvalue weighted by Gasteiger charge is -2.31. The summed E-state index contributed by atoms with van der Waals surface area (Å²) in [5, 5.41) is 3.06. The summed E-state index contributed by atoms with van der Waals surface area (Å²) < 4.78 is 5.01. The number of carbonyl (C=O) groups excluding carboxylic acids is 3. The van der Waals surface area contributed by atoms with Crippen molar-refractivity contribution in [3.8, 4) is 0 Å². The molecule has 1 saturated heterocycles. The first kappa shape index (κ1) is 20.2. The molecule has 2 unspecified atom stereocenters. The number of nitrogens with zero attached hydrogens (tertiary/aromatic N) is 2. The van der Waals surface area contributed by atoms with E-state index >= 15 is 0 Å². The van der Waals surface area contributed by atoms with E-state index in [1.54, 1.807) is 23.8 Å². The topological polar surface area (TPSA) is 79.0 Å². The minimum atomic E-state index is -0.290. The van der Waals surface area contributed by atoms with E-state index in [4.69, 9.17) is 4.74 Å². The maximum absolute atomic E-state index is 12.6. The average Bonchev–Trinajstić information content (AvgIpc) is 3.50. The van der Waals surface area contributed by atoms with Crippen LogP contribution < -0.4 is 5.32 Å². The van der Waals surface area contributed by atoms with Crippen LogP contribution in [0.15, 0.2) is 30.3 Å². The molecule has 7 nitrogen and oxygen atoms in total. The van der Waals surface area contributed by atoms with Crippen molar-refractivity contribution in [1.82, 2.24) is 15.1 Å². The predicted octanol–water partition coefficient (Wildman–Crippen LogP) is 2.02. The molecule has 1 aromatic carbocycles. The molecule has 3 rings (SSSR count). The minimum Gasteiger partial charge on any atom is -0.450 e. The number of hydrogen-bond acceptors (Lipinski definition) is 4. The van der Waals surface area contributed by atoms with Crippen molar-refractivity contribution in [2.45, 2.75) is 38.8 Å². The minimum absolute atomic E-state index is 0.0288. The van der Waals surface area contributed by atoms with Gasteiger partial charge in [-0.2, -0.15) is 0 Å². The van der Waals surface area contributed by atoms with Crippen molar-refractivity contribution in [3.63, 3.8) is 0 Å². The molecule has 1 aliphatic carbocycles. The molecule has 2 aliphatic rings. The van der Waals surface area contributed by atoms with Crippen molar-refractivity contribution in [3.05, 3.63) is 35.9 Å². The molecule has 152 valence electrons. The number of amides is 3. The van der Waals surface area contributed by atoms with Gasteiger partial charge < -0.3 is 19.9 Å². The molecule has 7 heteroatoms. The van der Waals surface area contributed by atoms with Crippen molar-refractivity contribution in [2.75, 3.05) is 26.7 Å². The van der Waals surface area contributed by atoms with Crippen LogP contribution in [0.2, 0.25) is 0 Å². The van der Waals surface area contributed by atoms with E-state index in [2.05, 4.69) is 5.32 Å². The van der Waals surface area contributed by atoms with E-state index in [1.165, 1.54) is 0 Å². The smallest absolute Gasteiger partial charge is 0.409 e. The summed E-state index contributed by atoms with van der Waals surface area (Å²) in [6, 6.07) is 9.89. The third-order valence-electron chi connectivity index (χ3n) is 5.45. The molecule has 1 heterocycles. The Morgan fingerprint density at radius 1 is 1.14 bits per heavy atom. The van der Waals surface area contributed by atoms with Gasteiger partial charge in [-0.25, -0.2) is 4.79 Å². The SMILES string of the molecule is CCOC(=O)N1CCC(NC(=O)C2CC2C(=O)N(C)Cc2ccccc2)CC1. The molecule has 0 bridgehead atoms. The number of rotatable bonds is 6. The quantitative estimate of drug-likeness (QED) is 0.810. The Morgan fingerprint density at radius 3 is 2.46 bits per heavy atom. The lowest BCUT2D eigenvalue weighted by atomic mass is 10.0. The highest BCUT2D eigenvalue weighted by Crippen LogP contribution is 2.40. The normalized spacial score (nSPS) is 21.7.